The van der Waals surface area contributed by atoms with E-state index in [1.807, 2.05) is 11.9 Å². The zero-order chi connectivity index (χ0) is 20.5. The minimum Gasteiger partial charge on any atom is -0.463 e. The molecule has 0 bridgehead atoms. The Morgan fingerprint density at radius 1 is 1.18 bits per heavy atom. The molecule has 2 N–H and O–H groups in total. The summed E-state index contributed by atoms with van der Waals surface area (Å²) in [7, 11) is 2.03. The van der Waals surface area contributed by atoms with E-state index in [4.69, 9.17) is 17.0 Å². The largest absolute Gasteiger partial charge is 0.463 e. The number of hydrogen-bond acceptors (Lipinski definition) is 6. The third-order valence-corrected chi connectivity index (χ3v) is 4.26. The third-order valence-electron chi connectivity index (χ3n) is 4.05. The molecule has 2 amide bonds. The van der Waals surface area contributed by atoms with Crippen molar-refractivity contribution in [3.8, 4) is 0 Å². The fourth-order valence-electron chi connectivity index (χ4n) is 2.57. The molecule has 1 heterocycles. The first-order valence-electron chi connectivity index (χ1n) is 8.93. The first kappa shape index (κ1) is 21.5. The highest BCUT2D eigenvalue weighted by Crippen LogP contribution is 2.14. The lowest BCUT2D eigenvalue weighted by Gasteiger charge is -2.32. The molecule has 1 aliphatic rings. The Morgan fingerprint density at radius 3 is 2.57 bits per heavy atom. The van der Waals surface area contributed by atoms with Crippen LogP contribution in [0.3, 0.4) is 0 Å². The van der Waals surface area contributed by atoms with Crippen molar-refractivity contribution in [1.29, 1.82) is 0 Å². The van der Waals surface area contributed by atoms with Gasteiger partial charge < -0.3 is 19.9 Å². The number of amides is 2. The number of ether oxygens (including phenoxy) is 1. The van der Waals surface area contributed by atoms with Crippen LogP contribution >= 0.6 is 12.2 Å². The van der Waals surface area contributed by atoms with E-state index < -0.39 is 11.9 Å². The number of likely N-dealkylation sites (N-methyl/N-ethyl adjacent to an activating group) is 1. The van der Waals surface area contributed by atoms with Crippen molar-refractivity contribution in [2.75, 3.05) is 45.2 Å². The number of piperazine rings is 1. The Balaban J connectivity index is 1.91. The van der Waals surface area contributed by atoms with Gasteiger partial charge in [-0.25, -0.2) is 4.79 Å². The van der Waals surface area contributed by atoms with Gasteiger partial charge in [0.25, 0.3) is 5.91 Å². The number of esters is 1. The van der Waals surface area contributed by atoms with E-state index in [1.54, 1.807) is 31.2 Å². The Bertz CT molecular complexity index is 773. The van der Waals surface area contributed by atoms with E-state index in [2.05, 4.69) is 15.5 Å². The van der Waals surface area contributed by atoms with Crippen molar-refractivity contribution in [3.63, 3.8) is 0 Å². The summed E-state index contributed by atoms with van der Waals surface area (Å²) in [6.45, 7) is 4.97. The summed E-state index contributed by atoms with van der Waals surface area (Å²) in [5, 5.41) is 5.35. The maximum atomic E-state index is 12.6. The van der Waals surface area contributed by atoms with Gasteiger partial charge in [0, 0.05) is 49.6 Å². The van der Waals surface area contributed by atoms with Crippen molar-refractivity contribution < 1.29 is 19.1 Å². The van der Waals surface area contributed by atoms with E-state index in [0.717, 1.165) is 25.2 Å². The number of carbonyl (C=O) groups excluding carboxylic acids is 3. The predicted molar refractivity (Wildman–Crippen MR) is 110 cm³/mol. The quantitative estimate of drug-likeness (QED) is 0.430. The Hall–Kier alpha value is -2.78. The van der Waals surface area contributed by atoms with Gasteiger partial charge in [0.05, 0.1) is 6.61 Å². The summed E-state index contributed by atoms with van der Waals surface area (Å²) in [5.41, 5.74) is 1.13. The highest BCUT2D eigenvalue weighted by Gasteiger charge is 2.20. The van der Waals surface area contributed by atoms with Crippen molar-refractivity contribution in [1.82, 2.24) is 15.1 Å². The highest BCUT2D eigenvalue weighted by atomic mass is 32.1. The van der Waals surface area contributed by atoms with Crippen LogP contribution in [0.1, 0.15) is 17.3 Å². The Kier molecular flexibility index (Phi) is 8.09. The normalized spacial score (nSPS) is 14.6. The lowest BCUT2D eigenvalue weighted by atomic mass is 10.1. The van der Waals surface area contributed by atoms with Gasteiger partial charge in [-0.1, -0.05) is 6.07 Å². The molecule has 1 aliphatic heterocycles. The van der Waals surface area contributed by atoms with Crippen LogP contribution in [0.5, 0.6) is 0 Å². The van der Waals surface area contributed by atoms with E-state index >= 15 is 0 Å². The van der Waals surface area contributed by atoms with E-state index in [-0.39, 0.29) is 17.6 Å². The van der Waals surface area contributed by atoms with Crippen LogP contribution in [-0.2, 0) is 14.3 Å². The summed E-state index contributed by atoms with van der Waals surface area (Å²) in [6, 6.07) is 6.92. The first-order chi connectivity index (χ1) is 13.4. The average molecular weight is 404 g/mol. The maximum absolute atomic E-state index is 12.6. The number of hydrogen-bond donors (Lipinski definition) is 2. The van der Waals surface area contributed by atoms with Crippen molar-refractivity contribution in [2.45, 2.75) is 6.92 Å². The summed E-state index contributed by atoms with van der Waals surface area (Å²) in [4.78, 5) is 39.6. The highest BCUT2D eigenvalue weighted by molar-refractivity contribution is 7.80. The fourth-order valence-corrected chi connectivity index (χ4v) is 2.79. The second-order valence-corrected chi connectivity index (χ2v) is 6.61. The number of carbonyl (C=O) groups is 3. The van der Waals surface area contributed by atoms with Gasteiger partial charge in [-0.15, -0.1) is 0 Å². The van der Waals surface area contributed by atoms with Gasteiger partial charge >= 0.3 is 5.97 Å². The summed E-state index contributed by atoms with van der Waals surface area (Å²) >= 11 is 5.10. The number of benzene rings is 1. The Labute approximate surface area is 169 Å². The number of thiocarbonyl (C=S) groups is 1. The number of nitrogens with one attached hydrogen (secondary N) is 2. The van der Waals surface area contributed by atoms with Gasteiger partial charge in [-0.2, -0.15) is 0 Å². The molecule has 1 fully saturated rings. The van der Waals surface area contributed by atoms with E-state index in [0.29, 0.717) is 24.3 Å². The van der Waals surface area contributed by atoms with E-state index in [9.17, 15) is 14.4 Å². The van der Waals surface area contributed by atoms with Crippen LogP contribution in [-0.4, -0.2) is 72.5 Å². The Morgan fingerprint density at radius 2 is 1.89 bits per heavy atom. The molecule has 28 heavy (non-hydrogen) atoms. The van der Waals surface area contributed by atoms with E-state index in [1.165, 1.54) is 0 Å². The van der Waals surface area contributed by atoms with Gasteiger partial charge in [0.15, 0.2) is 5.11 Å². The van der Waals surface area contributed by atoms with Crippen LogP contribution in [0.15, 0.2) is 36.4 Å². The molecule has 0 aliphatic carbocycles. The summed E-state index contributed by atoms with van der Waals surface area (Å²) in [6.07, 6.45) is 2.07. The molecule has 0 atom stereocenters. The molecule has 1 saturated heterocycles. The van der Waals surface area contributed by atoms with Gasteiger partial charge in [-0.3, -0.25) is 14.9 Å². The zero-order valence-corrected chi connectivity index (χ0v) is 16.8. The van der Waals surface area contributed by atoms with Crippen molar-refractivity contribution in [2.24, 2.45) is 0 Å². The SMILES string of the molecule is CCOC(=O)/C=C/C(=O)NC(=S)Nc1cccc(C(=O)N2CCN(C)CC2)c1. The van der Waals surface area contributed by atoms with Crippen LogP contribution in [0.2, 0.25) is 0 Å². The molecule has 150 valence electrons. The van der Waals surface area contributed by atoms with Crippen LogP contribution in [0.25, 0.3) is 0 Å². The molecular formula is C19H24N4O4S. The molecule has 0 saturated carbocycles. The minimum atomic E-state index is -0.605. The average Bonchev–Trinajstić information content (AvgIpc) is 2.67. The molecule has 8 nitrogen and oxygen atoms in total. The van der Waals surface area contributed by atoms with Crippen molar-refractivity contribution >= 4 is 40.8 Å². The summed E-state index contributed by atoms with van der Waals surface area (Å²) in [5.74, 6) is -1.20. The smallest absolute Gasteiger partial charge is 0.330 e. The molecule has 1 aromatic carbocycles. The number of nitrogens with zero attached hydrogens (tertiary/aromatic N) is 2. The van der Waals surface area contributed by atoms with Gasteiger partial charge in [-0.05, 0) is 44.4 Å². The topological polar surface area (TPSA) is 91.0 Å². The lowest BCUT2D eigenvalue weighted by molar-refractivity contribution is -0.137. The first-order valence-corrected chi connectivity index (χ1v) is 9.34. The van der Waals surface area contributed by atoms with Crippen LogP contribution in [0.4, 0.5) is 5.69 Å². The van der Waals surface area contributed by atoms with Crippen LogP contribution < -0.4 is 10.6 Å². The zero-order valence-electron chi connectivity index (χ0n) is 15.9. The standard InChI is InChI=1S/C19H24N4O4S/c1-3-27-17(25)8-7-16(24)21-19(28)20-15-6-4-5-14(13-15)18(26)23-11-9-22(2)10-12-23/h4-8,13H,3,9-12H2,1-2H3,(H2,20,21,24,28)/b8-7+. The lowest BCUT2D eigenvalue weighted by Crippen LogP contribution is -2.47. The number of rotatable bonds is 5. The third kappa shape index (κ3) is 6.75. The monoisotopic (exact) mass is 404 g/mol. The molecule has 2 rings (SSSR count). The van der Waals surface area contributed by atoms with Crippen molar-refractivity contribution in [3.05, 3.63) is 42.0 Å². The van der Waals surface area contributed by atoms with Gasteiger partial charge in [0.1, 0.15) is 0 Å². The van der Waals surface area contributed by atoms with Gasteiger partial charge in [0.2, 0.25) is 5.91 Å². The second kappa shape index (κ2) is 10.5. The number of anilines is 1. The fraction of sp³-hybridized carbons (Fsp3) is 0.368. The minimum absolute atomic E-state index is 0.0379. The van der Waals surface area contributed by atoms with Crippen LogP contribution in [0, 0.1) is 0 Å². The maximum Gasteiger partial charge on any atom is 0.330 e. The molecule has 0 aromatic heterocycles. The summed E-state index contributed by atoms with van der Waals surface area (Å²) < 4.78 is 4.69. The molecule has 0 spiro atoms. The molecule has 0 unspecified atom stereocenters. The predicted octanol–water partition coefficient (Wildman–Crippen LogP) is 1.01. The molecule has 1 aromatic rings. The molecular weight excluding hydrogens is 380 g/mol. The molecule has 9 heteroatoms. The molecule has 0 radical (unpaired) electrons. The second-order valence-electron chi connectivity index (χ2n) is 6.21.